The molecule has 3 atom stereocenters. The second-order valence-electron chi connectivity index (χ2n) is 9.33. The van der Waals surface area contributed by atoms with Crippen molar-refractivity contribution in [2.45, 2.75) is 38.1 Å². The number of ether oxygens (including phenoxy) is 1. The number of imidazole rings is 1. The quantitative estimate of drug-likeness (QED) is 0.349. The fourth-order valence-electron chi connectivity index (χ4n) is 5.04. The van der Waals surface area contributed by atoms with E-state index >= 15 is 0 Å². The third kappa shape index (κ3) is 4.87. The topological polar surface area (TPSA) is 111 Å². The van der Waals surface area contributed by atoms with Crippen LogP contribution in [0.5, 0.6) is 5.75 Å². The summed E-state index contributed by atoms with van der Waals surface area (Å²) in [6.45, 7) is 1.90. The van der Waals surface area contributed by atoms with E-state index in [-0.39, 0.29) is 36.3 Å². The van der Waals surface area contributed by atoms with Crippen molar-refractivity contribution in [2.24, 2.45) is 11.7 Å². The molecule has 1 aliphatic rings. The van der Waals surface area contributed by atoms with Crippen LogP contribution in [0.4, 0.5) is 20.4 Å². The van der Waals surface area contributed by atoms with E-state index < -0.39 is 11.6 Å². The number of nitrogens with zero attached hydrogens (tertiary/aromatic N) is 4. The number of anilines is 2. The number of halogens is 2. The van der Waals surface area contributed by atoms with Gasteiger partial charge in [0.25, 0.3) is 0 Å². The van der Waals surface area contributed by atoms with Crippen LogP contribution >= 0.6 is 0 Å². The van der Waals surface area contributed by atoms with Gasteiger partial charge in [0.1, 0.15) is 24.0 Å². The van der Waals surface area contributed by atoms with Crippen LogP contribution < -0.4 is 15.8 Å². The lowest BCUT2D eigenvalue weighted by Crippen LogP contribution is -2.31. The molecule has 0 aliphatic heterocycles. The van der Waals surface area contributed by atoms with Crippen molar-refractivity contribution in [2.75, 3.05) is 18.5 Å². The Balaban J connectivity index is 1.48. The molecule has 4 N–H and O–H groups in total. The Kier molecular flexibility index (Phi) is 6.80. The van der Waals surface area contributed by atoms with E-state index in [9.17, 15) is 8.78 Å². The van der Waals surface area contributed by atoms with Crippen molar-refractivity contribution in [3.63, 3.8) is 0 Å². The molecular weight excluding hydrogens is 466 g/mol. The first kappa shape index (κ1) is 24.1. The predicted molar refractivity (Wildman–Crippen MR) is 132 cm³/mol. The summed E-state index contributed by atoms with van der Waals surface area (Å²) in [5.41, 5.74) is 8.69. The lowest BCUT2D eigenvalue weighted by atomic mass is 9.76. The molecule has 1 fully saturated rings. The Morgan fingerprint density at radius 3 is 2.69 bits per heavy atom. The van der Waals surface area contributed by atoms with Gasteiger partial charge in [-0.25, -0.2) is 13.8 Å². The largest absolute Gasteiger partial charge is 0.491 e. The highest BCUT2D eigenvalue weighted by molar-refractivity contribution is 5.66. The van der Waals surface area contributed by atoms with Gasteiger partial charge in [-0.2, -0.15) is 9.61 Å². The fraction of sp³-hybridized carbons (Fsp3) is 0.346. The second kappa shape index (κ2) is 10.2. The molecule has 8 nitrogen and oxygen atoms in total. The zero-order valence-electron chi connectivity index (χ0n) is 19.9. The molecule has 0 spiro atoms. The van der Waals surface area contributed by atoms with Crippen LogP contribution in [-0.4, -0.2) is 43.9 Å². The molecule has 188 valence electrons. The third-order valence-corrected chi connectivity index (χ3v) is 6.54. The summed E-state index contributed by atoms with van der Waals surface area (Å²) in [7, 11) is 0. The fourth-order valence-corrected chi connectivity index (χ4v) is 5.04. The number of rotatable bonds is 7. The first-order valence-corrected chi connectivity index (χ1v) is 12.0. The van der Waals surface area contributed by atoms with Crippen LogP contribution in [0.2, 0.25) is 0 Å². The minimum atomic E-state index is -0.818. The van der Waals surface area contributed by atoms with Crippen molar-refractivity contribution in [3.05, 3.63) is 66.1 Å². The zero-order valence-corrected chi connectivity index (χ0v) is 19.9. The van der Waals surface area contributed by atoms with Gasteiger partial charge in [-0.3, -0.25) is 4.98 Å². The molecule has 1 saturated carbocycles. The maximum absolute atomic E-state index is 14.8. The van der Waals surface area contributed by atoms with Crippen molar-refractivity contribution < 1.29 is 18.6 Å². The standard InChI is InChI=1S/C26H28F2N6O2/c1-15-8-16(10-17(29)9-15)20-4-5-30-14-24(20)32-26-31-13-18-2-3-23(33-34(18)26)25-21(27)11-19(12-22(25)28)36-7-6-35/h2-5,11-17,35H,6-10,29H2,1H3,(H,31,32). The van der Waals surface area contributed by atoms with E-state index in [0.29, 0.717) is 23.3 Å². The molecule has 0 radical (unpaired) electrons. The summed E-state index contributed by atoms with van der Waals surface area (Å²) < 4.78 is 36.3. The van der Waals surface area contributed by atoms with Crippen molar-refractivity contribution in [3.8, 4) is 17.0 Å². The Hall–Kier alpha value is -3.63. The first-order valence-electron chi connectivity index (χ1n) is 12.0. The van der Waals surface area contributed by atoms with Crippen LogP contribution in [0.15, 0.2) is 48.9 Å². The average Bonchev–Trinajstić information content (AvgIpc) is 3.24. The van der Waals surface area contributed by atoms with Crippen molar-refractivity contribution >= 4 is 17.2 Å². The molecule has 5 rings (SSSR count). The lowest BCUT2D eigenvalue weighted by molar-refractivity contribution is 0.200. The summed E-state index contributed by atoms with van der Waals surface area (Å²) >= 11 is 0. The number of aliphatic hydroxyl groups excluding tert-OH is 1. The number of hydrogen-bond donors (Lipinski definition) is 3. The number of pyridine rings is 1. The number of nitrogens with two attached hydrogens (primary N) is 1. The van der Waals surface area contributed by atoms with E-state index in [0.717, 1.165) is 42.6 Å². The Bertz CT molecular complexity index is 1340. The molecule has 0 saturated heterocycles. The monoisotopic (exact) mass is 494 g/mol. The van der Waals surface area contributed by atoms with E-state index in [1.165, 1.54) is 10.6 Å². The smallest absolute Gasteiger partial charge is 0.229 e. The molecule has 3 aromatic heterocycles. The summed E-state index contributed by atoms with van der Waals surface area (Å²) in [6.07, 6.45) is 8.09. The highest BCUT2D eigenvalue weighted by Crippen LogP contribution is 2.39. The SMILES string of the molecule is CC1CC(N)CC(c2ccncc2Nc2ncc3ccc(-c4c(F)cc(OCCO)cc4F)nn23)C1. The lowest BCUT2D eigenvalue weighted by Gasteiger charge is -2.32. The number of benzene rings is 1. The molecule has 0 amide bonds. The highest BCUT2D eigenvalue weighted by atomic mass is 19.1. The van der Waals surface area contributed by atoms with Gasteiger partial charge in [-0.15, -0.1) is 0 Å². The Labute approximate surface area is 207 Å². The molecule has 3 unspecified atom stereocenters. The van der Waals surface area contributed by atoms with Crippen molar-refractivity contribution in [1.82, 2.24) is 19.6 Å². The Morgan fingerprint density at radius 2 is 1.94 bits per heavy atom. The summed E-state index contributed by atoms with van der Waals surface area (Å²) in [5, 5.41) is 16.7. The van der Waals surface area contributed by atoms with Gasteiger partial charge in [0.15, 0.2) is 0 Å². The predicted octanol–water partition coefficient (Wildman–Crippen LogP) is 4.42. The maximum atomic E-state index is 14.8. The van der Waals surface area contributed by atoms with Gasteiger partial charge in [-0.1, -0.05) is 6.92 Å². The van der Waals surface area contributed by atoms with Crippen molar-refractivity contribution in [1.29, 1.82) is 0 Å². The van der Waals surface area contributed by atoms with Crippen LogP contribution in [0.25, 0.3) is 16.8 Å². The number of aromatic nitrogens is 4. The average molecular weight is 495 g/mol. The first-order chi connectivity index (χ1) is 17.4. The number of nitrogens with one attached hydrogen (secondary N) is 1. The van der Waals surface area contributed by atoms with Gasteiger partial charge in [0, 0.05) is 24.4 Å². The van der Waals surface area contributed by atoms with Crippen LogP contribution in [0.3, 0.4) is 0 Å². The van der Waals surface area contributed by atoms with Gasteiger partial charge in [0.05, 0.1) is 41.5 Å². The summed E-state index contributed by atoms with van der Waals surface area (Å²) in [6, 6.07) is 7.53. The molecule has 4 aromatic rings. The van der Waals surface area contributed by atoms with E-state index in [1.807, 2.05) is 6.07 Å². The van der Waals surface area contributed by atoms with Gasteiger partial charge >= 0.3 is 0 Å². The summed E-state index contributed by atoms with van der Waals surface area (Å²) in [4.78, 5) is 8.72. The maximum Gasteiger partial charge on any atom is 0.229 e. The number of aliphatic hydroxyl groups is 1. The second-order valence-corrected chi connectivity index (χ2v) is 9.33. The van der Waals surface area contributed by atoms with Crippen LogP contribution in [0.1, 0.15) is 37.7 Å². The Morgan fingerprint density at radius 1 is 1.14 bits per heavy atom. The van der Waals surface area contributed by atoms with Gasteiger partial charge < -0.3 is 20.9 Å². The molecule has 10 heteroatoms. The number of fused-ring (bicyclic) bond motifs is 1. The highest BCUT2D eigenvalue weighted by Gasteiger charge is 2.27. The normalized spacial score (nSPS) is 20.0. The number of hydrogen-bond acceptors (Lipinski definition) is 7. The molecular formula is C26H28F2N6O2. The minimum absolute atomic E-state index is 0.00489. The van der Waals surface area contributed by atoms with Crippen LogP contribution in [-0.2, 0) is 0 Å². The molecule has 3 heterocycles. The minimum Gasteiger partial charge on any atom is -0.491 e. The zero-order chi connectivity index (χ0) is 25.2. The van der Waals surface area contributed by atoms with Crippen LogP contribution in [0, 0.1) is 17.6 Å². The third-order valence-electron chi connectivity index (χ3n) is 6.54. The molecule has 36 heavy (non-hydrogen) atoms. The summed E-state index contributed by atoms with van der Waals surface area (Å²) in [5.74, 6) is -0.420. The van der Waals surface area contributed by atoms with Gasteiger partial charge in [0.2, 0.25) is 5.95 Å². The van der Waals surface area contributed by atoms with Gasteiger partial charge in [-0.05, 0) is 54.9 Å². The van der Waals surface area contributed by atoms with E-state index in [1.54, 1.807) is 24.7 Å². The van der Waals surface area contributed by atoms with E-state index in [2.05, 4.69) is 27.3 Å². The molecule has 1 aliphatic carbocycles. The van der Waals surface area contributed by atoms with E-state index in [4.69, 9.17) is 15.6 Å². The molecule has 0 bridgehead atoms. The molecule has 1 aromatic carbocycles.